The van der Waals surface area contributed by atoms with E-state index in [-0.39, 0.29) is 24.8 Å². The zero-order valence-electron chi connectivity index (χ0n) is 24.3. The minimum absolute atomic E-state index is 0.0147. The van der Waals surface area contributed by atoms with Crippen molar-refractivity contribution in [1.29, 1.82) is 0 Å². The Kier molecular flexibility index (Phi) is 9.80. The van der Waals surface area contributed by atoms with Crippen LogP contribution in [0, 0.1) is 5.82 Å². The highest BCUT2D eigenvalue weighted by Crippen LogP contribution is 2.39. The molecule has 0 unspecified atom stereocenters. The molecule has 0 saturated heterocycles. The van der Waals surface area contributed by atoms with E-state index in [1.807, 2.05) is 0 Å². The van der Waals surface area contributed by atoms with Gasteiger partial charge in [-0.3, -0.25) is 14.2 Å². The van der Waals surface area contributed by atoms with Crippen molar-refractivity contribution in [3.63, 3.8) is 0 Å². The van der Waals surface area contributed by atoms with E-state index in [4.69, 9.17) is 14.2 Å². The Morgan fingerprint density at radius 2 is 1.77 bits per heavy atom. The molecule has 2 aromatic heterocycles. The van der Waals surface area contributed by atoms with Crippen molar-refractivity contribution < 1.29 is 33.0 Å². The minimum atomic E-state index is -0.440. The summed E-state index contributed by atoms with van der Waals surface area (Å²) in [5, 5.41) is 15.0. The molecule has 2 heterocycles. The average Bonchev–Trinajstić information content (AvgIpc) is 3.73. The number of nitrogens with one attached hydrogen (secondary N) is 2. The third kappa shape index (κ3) is 6.86. The number of esters is 1. The monoisotopic (exact) mass is 639 g/mol. The number of amides is 2. The van der Waals surface area contributed by atoms with Gasteiger partial charge in [0.1, 0.15) is 22.3 Å². The third-order valence-corrected chi connectivity index (χ3v) is 8.93. The zero-order valence-corrected chi connectivity index (χ0v) is 25.9. The van der Waals surface area contributed by atoms with E-state index < -0.39 is 17.7 Å². The Labute approximate surface area is 261 Å². The predicted molar refractivity (Wildman–Crippen MR) is 164 cm³/mol. The summed E-state index contributed by atoms with van der Waals surface area (Å²) in [4.78, 5) is 39.8. The number of hydrogen-bond donors (Lipinski definition) is 2. The Morgan fingerprint density at radius 1 is 1.05 bits per heavy atom. The largest absolute Gasteiger partial charge is 0.497 e. The van der Waals surface area contributed by atoms with E-state index in [1.54, 1.807) is 41.8 Å². The van der Waals surface area contributed by atoms with Crippen molar-refractivity contribution in [2.75, 3.05) is 31.9 Å². The highest BCUT2D eigenvalue weighted by Gasteiger charge is 2.28. The molecule has 0 saturated carbocycles. The lowest BCUT2D eigenvalue weighted by Crippen LogP contribution is -2.24. The quantitative estimate of drug-likeness (QED) is 0.165. The van der Waals surface area contributed by atoms with Crippen LogP contribution in [-0.4, -0.2) is 59.1 Å². The summed E-state index contributed by atoms with van der Waals surface area (Å²) in [5.74, 6) is -0.352. The minimum Gasteiger partial charge on any atom is -0.497 e. The van der Waals surface area contributed by atoms with Crippen LogP contribution in [0.15, 0.2) is 47.6 Å². The maximum Gasteiger partial charge on any atom is 0.341 e. The number of benzene rings is 2. The van der Waals surface area contributed by atoms with Crippen LogP contribution in [0.25, 0.3) is 5.69 Å². The van der Waals surface area contributed by atoms with Crippen LogP contribution in [0.4, 0.5) is 9.39 Å². The molecule has 14 heteroatoms. The van der Waals surface area contributed by atoms with E-state index in [0.717, 1.165) is 41.5 Å². The fraction of sp³-hybridized carbons (Fsp3) is 0.300. The Morgan fingerprint density at radius 3 is 2.45 bits per heavy atom. The lowest BCUT2D eigenvalue weighted by Gasteiger charge is -2.12. The van der Waals surface area contributed by atoms with Crippen LogP contribution in [0.1, 0.15) is 50.3 Å². The third-order valence-electron chi connectivity index (χ3n) is 6.79. The smallest absolute Gasteiger partial charge is 0.341 e. The van der Waals surface area contributed by atoms with Crippen LogP contribution in [0.2, 0.25) is 0 Å². The van der Waals surface area contributed by atoms with Gasteiger partial charge < -0.3 is 24.8 Å². The van der Waals surface area contributed by atoms with Gasteiger partial charge in [0.05, 0.1) is 38.7 Å². The number of halogens is 1. The van der Waals surface area contributed by atoms with Crippen molar-refractivity contribution >= 4 is 45.9 Å². The van der Waals surface area contributed by atoms with Crippen molar-refractivity contribution in [2.24, 2.45) is 0 Å². The van der Waals surface area contributed by atoms with E-state index in [1.165, 1.54) is 37.7 Å². The van der Waals surface area contributed by atoms with Crippen LogP contribution in [0.3, 0.4) is 0 Å². The van der Waals surface area contributed by atoms with Crippen molar-refractivity contribution in [1.82, 2.24) is 20.1 Å². The molecule has 1 aliphatic carbocycles. The second kappa shape index (κ2) is 13.9. The molecule has 0 bridgehead atoms. The first-order chi connectivity index (χ1) is 21.3. The maximum absolute atomic E-state index is 13.7. The van der Waals surface area contributed by atoms with Gasteiger partial charge in [0.15, 0.2) is 11.0 Å². The SMILES string of the molecule is CCOC(=O)c1c(NC(=O)CSc2nnc(CNC(=O)c3cc(OC)cc(OC)c3)n2-c2ccc(F)cc2)sc2c1CCC2. The number of nitrogens with zero attached hydrogens (tertiary/aromatic N) is 3. The molecule has 0 atom stereocenters. The first-order valence-electron chi connectivity index (χ1n) is 13.8. The number of fused-ring (bicyclic) bond motifs is 1. The summed E-state index contributed by atoms with van der Waals surface area (Å²) in [6, 6.07) is 10.5. The number of thiophene rings is 1. The van der Waals surface area contributed by atoms with Crippen molar-refractivity contribution in [2.45, 2.75) is 37.9 Å². The summed E-state index contributed by atoms with van der Waals surface area (Å²) in [7, 11) is 2.99. The van der Waals surface area contributed by atoms with Gasteiger partial charge in [-0.1, -0.05) is 11.8 Å². The number of carbonyl (C=O) groups is 3. The summed E-state index contributed by atoms with van der Waals surface area (Å²) in [6.07, 6.45) is 2.60. The number of methoxy groups -OCH3 is 2. The molecule has 5 rings (SSSR count). The fourth-order valence-electron chi connectivity index (χ4n) is 4.76. The number of aromatic nitrogens is 3. The summed E-state index contributed by atoms with van der Waals surface area (Å²) in [6.45, 7) is 1.97. The van der Waals surface area contributed by atoms with Crippen molar-refractivity contribution in [3.8, 4) is 17.2 Å². The molecule has 44 heavy (non-hydrogen) atoms. The highest BCUT2D eigenvalue weighted by atomic mass is 32.2. The van der Waals surface area contributed by atoms with Gasteiger partial charge in [-0.05, 0) is 68.1 Å². The van der Waals surface area contributed by atoms with Gasteiger partial charge in [-0.25, -0.2) is 9.18 Å². The number of anilines is 1. The molecular formula is C30H30FN5O6S2. The predicted octanol–water partition coefficient (Wildman–Crippen LogP) is 4.81. The zero-order chi connectivity index (χ0) is 31.2. The van der Waals surface area contributed by atoms with E-state index in [9.17, 15) is 18.8 Å². The van der Waals surface area contributed by atoms with Crippen LogP contribution in [-0.2, 0) is 28.9 Å². The number of hydrogen-bond acceptors (Lipinski definition) is 10. The topological polar surface area (TPSA) is 134 Å². The summed E-state index contributed by atoms with van der Waals surface area (Å²) < 4.78 is 31.1. The Hall–Kier alpha value is -4.43. The number of carbonyl (C=O) groups excluding carboxylic acids is 3. The summed E-state index contributed by atoms with van der Waals surface area (Å²) in [5.41, 5.74) is 2.25. The van der Waals surface area contributed by atoms with Crippen LogP contribution in [0.5, 0.6) is 11.5 Å². The van der Waals surface area contributed by atoms with Crippen molar-refractivity contribution in [3.05, 3.63) is 75.7 Å². The molecule has 0 spiro atoms. The normalized spacial score (nSPS) is 12.0. The number of rotatable bonds is 12. The molecule has 1 aliphatic rings. The van der Waals surface area contributed by atoms with Gasteiger partial charge in [-0.15, -0.1) is 21.5 Å². The van der Waals surface area contributed by atoms with Gasteiger partial charge in [0.25, 0.3) is 5.91 Å². The number of thioether (sulfide) groups is 1. The molecule has 0 aliphatic heterocycles. The first-order valence-corrected chi connectivity index (χ1v) is 15.6. The Balaban J connectivity index is 1.33. The lowest BCUT2D eigenvalue weighted by molar-refractivity contribution is -0.113. The first kappa shape index (κ1) is 31.0. The molecule has 230 valence electrons. The Bertz CT molecular complexity index is 1670. The molecule has 0 radical (unpaired) electrons. The molecular weight excluding hydrogens is 609 g/mol. The lowest BCUT2D eigenvalue weighted by atomic mass is 10.1. The molecule has 0 fully saturated rings. The van der Waals surface area contributed by atoms with Crippen LogP contribution >= 0.6 is 23.1 Å². The number of aryl methyl sites for hydroxylation is 1. The second-order valence-corrected chi connectivity index (χ2v) is 11.7. The van der Waals surface area contributed by atoms with Gasteiger partial charge in [-0.2, -0.15) is 0 Å². The van der Waals surface area contributed by atoms with Gasteiger partial charge in [0.2, 0.25) is 5.91 Å². The standard InChI is InChI=1S/C30H30FN5O6S2/c1-4-42-29(39)26-22-6-5-7-23(22)44-28(26)33-25(37)16-43-30-35-34-24(36(30)19-10-8-18(31)9-11-19)15-32-27(38)17-12-20(40-2)14-21(13-17)41-3/h8-14H,4-7,15-16H2,1-3H3,(H,32,38)(H,33,37). The second-order valence-electron chi connectivity index (χ2n) is 9.61. The average molecular weight is 640 g/mol. The molecule has 2 amide bonds. The maximum atomic E-state index is 13.7. The van der Waals surface area contributed by atoms with Gasteiger partial charge >= 0.3 is 5.97 Å². The number of ether oxygens (including phenoxy) is 3. The molecule has 4 aromatic rings. The molecule has 2 aromatic carbocycles. The van der Waals surface area contributed by atoms with E-state index >= 15 is 0 Å². The van der Waals surface area contributed by atoms with E-state index in [0.29, 0.717) is 44.3 Å². The fourth-order valence-corrected chi connectivity index (χ4v) is 6.83. The van der Waals surface area contributed by atoms with Gasteiger partial charge in [0, 0.05) is 22.2 Å². The van der Waals surface area contributed by atoms with Crippen LogP contribution < -0.4 is 20.1 Å². The molecule has 2 N–H and O–H groups in total. The van der Waals surface area contributed by atoms with E-state index in [2.05, 4.69) is 20.8 Å². The summed E-state index contributed by atoms with van der Waals surface area (Å²) >= 11 is 2.52. The highest BCUT2D eigenvalue weighted by molar-refractivity contribution is 7.99. The molecule has 11 nitrogen and oxygen atoms in total.